The lowest BCUT2D eigenvalue weighted by Gasteiger charge is -2.16. The second-order valence-corrected chi connectivity index (χ2v) is 6.32. The summed E-state index contributed by atoms with van der Waals surface area (Å²) in [4.78, 5) is 0. The topological polar surface area (TPSA) is 24.1 Å². The molecule has 2 rings (SSSR count). The molecular formula is C21H30N2. The van der Waals surface area contributed by atoms with Crippen molar-refractivity contribution in [1.29, 1.82) is 0 Å². The third-order valence-corrected chi connectivity index (χ3v) is 4.10. The van der Waals surface area contributed by atoms with E-state index in [1.165, 1.54) is 44.2 Å². The number of benzene rings is 2. The Balaban J connectivity index is 1.74. The Labute approximate surface area is 141 Å². The quantitative estimate of drug-likeness (QED) is 0.484. The van der Waals surface area contributed by atoms with Crippen LogP contribution in [0.2, 0.25) is 0 Å². The number of anilines is 3. The van der Waals surface area contributed by atoms with Crippen LogP contribution in [0.5, 0.6) is 0 Å². The largest absolute Gasteiger partial charge is 0.383 e. The minimum atomic E-state index is 0.532. The van der Waals surface area contributed by atoms with E-state index in [2.05, 4.69) is 60.9 Å². The molecule has 0 fully saturated rings. The molecule has 0 aliphatic heterocycles. The lowest BCUT2D eigenvalue weighted by Crippen LogP contribution is -2.14. The van der Waals surface area contributed by atoms with Crippen molar-refractivity contribution in [2.45, 2.75) is 58.4 Å². The molecule has 1 atom stereocenters. The van der Waals surface area contributed by atoms with Crippen molar-refractivity contribution in [2.24, 2.45) is 0 Å². The Morgan fingerprint density at radius 1 is 0.739 bits per heavy atom. The molecule has 2 N–H and O–H groups in total. The van der Waals surface area contributed by atoms with Gasteiger partial charge in [-0.2, -0.15) is 0 Å². The van der Waals surface area contributed by atoms with Crippen molar-refractivity contribution in [3.63, 3.8) is 0 Å². The first-order valence-corrected chi connectivity index (χ1v) is 8.96. The molecule has 0 radical (unpaired) electrons. The molecule has 2 nitrogen and oxygen atoms in total. The van der Waals surface area contributed by atoms with Crippen LogP contribution in [0.15, 0.2) is 54.6 Å². The van der Waals surface area contributed by atoms with Crippen molar-refractivity contribution in [3.05, 3.63) is 54.6 Å². The van der Waals surface area contributed by atoms with Crippen LogP contribution in [-0.4, -0.2) is 6.04 Å². The molecule has 124 valence electrons. The first-order valence-electron chi connectivity index (χ1n) is 8.96. The Morgan fingerprint density at radius 3 is 2.04 bits per heavy atom. The average Bonchev–Trinajstić information content (AvgIpc) is 2.57. The minimum Gasteiger partial charge on any atom is -0.383 e. The predicted octanol–water partition coefficient (Wildman–Crippen LogP) is 6.59. The van der Waals surface area contributed by atoms with Crippen molar-refractivity contribution in [1.82, 2.24) is 0 Å². The van der Waals surface area contributed by atoms with Gasteiger partial charge in [-0.1, -0.05) is 57.2 Å². The fourth-order valence-electron chi connectivity index (χ4n) is 2.75. The zero-order valence-electron chi connectivity index (χ0n) is 14.5. The second-order valence-electron chi connectivity index (χ2n) is 6.32. The van der Waals surface area contributed by atoms with Crippen molar-refractivity contribution < 1.29 is 0 Å². The normalized spacial score (nSPS) is 11.9. The van der Waals surface area contributed by atoms with Gasteiger partial charge in [0.05, 0.1) is 0 Å². The summed E-state index contributed by atoms with van der Waals surface area (Å²) < 4.78 is 0. The van der Waals surface area contributed by atoms with Crippen LogP contribution in [0.3, 0.4) is 0 Å². The fraction of sp³-hybridized carbons (Fsp3) is 0.429. The summed E-state index contributed by atoms with van der Waals surface area (Å²) in [5.41, 5.74) is 3.44. The molecule has 0 amide bonds. The van der Waals surface area contributed by atoms with Crippen LogP contribution in [0, 0.1) is 0 Å². The summed E-state index contributed by atoms with van der Waals surface area (Å²) in [6.45, 7) is 4.54. The van der Waals surface area contributed by atoms with Crippen LogP contribution in [-0.2, 0) is 0 Å². The van der Waals surface area contributed by atoms with Gasteiger partial charge in [-0.3, -0.25) is 0 Å². The molecule has 0 bridgehead atoms. The van der Waals surface area contributed by atoms with Crippen LogP contribution in [0.4, 0.5) is 17.1 Å². The van der Waals surface area contributed by atoms with Gasteiger partial charge in [0.1, 0.15) is 0 Å². The van der Waals surface area contributed by atoms with Gasteiger partial charge >= 0.3 is 0 Å². The molecule has 0 aliphatic rings. The summed E-state index contributed by atoms with van der Waals surface area (Å²) in [5, 5.41) is 7.01. The molecule has 0 saturated heterocycles. The molecule has 0 heterocycles. The third kappa shape index (κ3) is 6.77. The molecule has 0 spiro atoms. The number of hydrogen-bond donors (Lipinski definition) is 2. The number of rotatable bonds is 10. The SMILES string of the molecule is CCCCCCCC(C)Nc1ccc(Nc2ccccc2)cc1. The first-order chi connectivity index (χ1) is 11.3. The van der Waals surface area contributed by atoms with E-state index in [4.69, 9.17) is 0 Å². The molecule has 0 saturated carbocycles. The van der Waals surface area contributed by atoms with Gasteiger partial charge in [-0.25, -0.2) is 0 Å². The van der Waals surface area contributed by atoms with E-state index in [0.29, 0.717) is 6.04 Å². The highest BCUT2D eigenvalue weighted by molar-refractivity contribution is 5.62. The van der Waals surface area contributed by atoms with E-state index in [1.54, 1.807) is 0 Å². The van der Waals surface area contributed by atoms with Gasteiger partial charge in [0, 0.05) is 23.1 Å². The van der Waals surface area contributed by atoms with Crippen LogP contribution < -0.4 is 10.6 Å². The molecule has 0 aromatic heterocycles. The molecule has 1 unspecified atom stereocenters. The van der Waals surface area contributed by atoms with Crippen molar-refractivity contribution in [3.8, 4) is 0 Å². The van der Waals surface area contributed by atoms with Crippen molar-refractivity contribution >= 4 is 17.1 Å². The molecule has 2 aromatic carbocycles. The van der Waals surface area contributed by atoms with Gasteiger partial charge in [-0.05, 0) is 49.7 Å². The minimum absolute atomic E-state index is 0.532. The lowest BCUT2D eigenvalue weighted by molar-refractivity contribution is 0.578. The van der Waals surface area contributed by atoms with E-state index in [9.17, 15) is 0 Å². The predicted molar refractivity (Wildman–Crippen MR) is 103 cm³/mol. The summed E-state index contributed by atoms with van der Waals surface area (Å²) >= 11 is 0. The third-order valence-electron chi connectivity index (χ3n) is 4.10. The monoisotopic (exact) mass is 310 g/mol. The van der Waals surface area contributed by atoms with Gasteiger partial charge in [0.2, 0.25) is 0 Å². The van der Waals surface area contributed by atoms with E-state index >= 15 is 0 Å². The van der Waals surface area contributed by atoms with E-state index in [1.807, 2.05) is 18.2 Å². The average molecular weight is 310 g/mol. The van der Waals surface area contributed by atoms with E-state index in [-0.39, 0.29) is 0 Å². The number of unbranched alkanes of at least 4 members (excludes halogenated alkanes) is 4. The second kappa shape index (κ2) is 9.94. The maximum atomic E-state index is 3.60. The van der Waals surface area contributed by atoms with Gasteiger partial charge in [0.15, 0.2) is 0 Å². The first kappa shape index (κ1) is 17.4. The number of nitrogens with one attached hydrogen (secondary N) is 2. The molecule has 2 aromatic rings. The molecule has 2 heteroatoms. The highest BCUT2D eigenvalue weighted by atomic mass is 14.9. The fourth-order valence-corrected chi connectivity index (χ4v) is 2.75. The Morgan fingerprint density at radius 2 is 1.35 bits per heavy atom. The summed E-state index contributed by atoms with van der Waals surface area (Å²) in [5.74, 6) is 0. The van der Waals surface area contributed by atoms with E-state index < -0.39 is 0 Å². The lowest BCUT2D eigenvalue weighted by atomic mass is 10.1. The maximum Gasteiger partial charge on any atom is 0.0385 e. The maximum absolute atomic E-state index is 3.60. The standard InChI is InChI=1S/C21H30N2/c1-3-4-5-6-8-11-18(2)22-20-14-16-21(17-15-20)23-19-12-9-7-10-13-19/h7,9-10,12-18,22-23H,3-6,8,11H2,1-2H3. The summed E-state index contributed by atoms with van der Waals surface area (Å²) in [6.07, 6.45) is 7.99. The van der Waals surface area contributed by atoms with E-state index in [0.717, 1.165) is 11.4 Å². The zero-order valence-corrected chi connectivity index (χ0v) is 14.5. The van der Waals surface area contributed by atoms with Crippen LogP contribution in [0.1, 0.15) is 52.4 Å². The molecule has 23 heavy (non-hydrogen) atoms. The molecule has 0 aliphatic carbocycles. The smallest absolute Gasteiger partial charge is 0.0385 e. The Bertz CT molecular complexity index is 534. The molecular weight excluding hydrogens is 280 g/mol. The highest BCUT2D eigenvalue weighted by Crippen LogP contribution is 2.19. The summed E-state index contributed by atoms with van der Waals surface area (Å²) in [7, 11) is 0. The van der Waals surface area contributed by atoms with Crippen LogP contribution in [0.25, 0.3) is 0 Å². The Kier molecular flexibility index (Phi) is 7.51. The summed E-state index contributed by atoms with van der Waals surface area (Å²) in [6, 6.07) is 19.4. The Hall–Kier alpha value is -1.96. The number of para-hydroxylation sites is 1. The van der Waals surface area contributed by atoms with Crippen LogP contribution >= 0.6 is 0 Å². The van der Waals surface area contributed by atoms with Gasteiger partial charge in [0.25, 0.3) is 0 Å². The van der Waals surface area contributed by atoms with Gasteiger partial charge in [-0.15, -0.1) is 0 Å². The van der Waals surface area contributed by atoms with Crippen molar-refractivity contribution in [2.75, 3.05) is 10.6 Å². The number of hydrogen-bond acceptors (Lipinski definition) is 2. The van der Waals surface area contributed by atoms with Gasteiger partial charge < -0.3 is 10.6 Å². The highest BCUT2D eigenvalue weighted by Gasteiger charge is 2.02. The zero-order chi connectivity index (χ0) is 16.3.